The van der Waals surface area contributed by atoms with E-state index in [0.717, 1.165) is 12.6 Å². The second kappa shape index (κ2) is 4.13. The van der Waals surface area contributed by atoms with Crippen LogP contribution in [0.2, 0.25) is 0 Å². The van der Waals surface area contributed by atoms with Gasteiger partial charge in [0.25, 0.3) is 0 Å². The topological polar surface area (TPSA) is 29.9 Å². The third-order valence-electron chi connectivity index (χ3n) is 4.47. The minimum atomic E-state index is 0.463. The molecule has 1 heterocycles. The highest BCUT2D eigenvalue weighted by Gasteiger charge is 2.34. The van der Waals surface area contributed by atoms with Crippen molar-refractivity contribution in [1.29, 1.82) is 0 Å². The van der Waals surface area contributed by atoms with E-state index < -0.39 is 0 Å². The van der Waals surface area contributed by atoms with Crippen molar-refractivity contribution in [2.24, 2.45) is 5.41 Å². The number of hydrogen-bond donors (Lipinski definition) is 1. The minimum absolute atomic E-state index is 0.463. The van der Waals surface area contributed by atoms with Crippen LogP contribution in [0.25, 0.3) is 0 Å². The van der Waals surface area contributed by atoms with Crippen LogP contribution in [0.4, 0.5) is 0 Å². The van der Waals surface area contributed by atoms with E-state index >= 15 is 0 Å². The largest absolute Gasteiger partial charge is 0.330 e. The quantitative estimate of drug-likeness (QED) is 0.866. The molecule has 17 heavy (non-hydrogen) atoms. The van der Waals surface area contributed by atoms with Crippen LogP contribution in [-0.4, -0.2) is 15.6 Å². The molecule has 0 amide bonds. The molecule has 3 rings (SSSR count). The lowest BCUT2D eigenvalue weighted by atomic mass is 9.87. The van der Waals surface area contributed by atoms with Gasteiger partial charge < -0.3 is 9.88 Å². The second-order valence-electron chi connectivity index (χ2n) is 6.34. The summed E-state index contributed by atoms with van der Waals surface area (Å²) in [5.74, 6) is 0. The monoisotopic (exact) mass is 233 g/mol. The Labute approximate surface area is 104 Å². The lowest BCUT2D eigenvalue weighted by molar-refractivity contribution is 0.281. The molecule has 94 valence electrons. The van der Waals surface area contributed by atoms with E-state index in [1.807, 2.05) is 12.5 Å². The number of imidazole rings is 1. The Morgan fingerprint density at radius 1 is 1.41 bits per heavy atom. The average molecular weight is 233 g/mol. The van der Waals surface area contributed by atoms with Crippen molar-refractivity contribution >= 4 is 0 Å². The van der Waals surface area contributed by atoms with Gasteiger partial charge in [0, 0.05) is 24.8 Å². The van der Waals surface area contributed by atoms with Crippen molar-refractivity contribution in [3.05, 3.63) is 18.2 Å². The van der Waals surface area contributed by atoms with Gasteiger partial charge in [0.1, 0.15) is 0 Å². The maximum atomic E-state index is 4.29. The summed E-state index contributed by atoms with van der Waals surface area (Å²) in [6.45, 7) is 5.75. The number of nitrogens with zero attached hydrogens (tertiary/aromatic N) is 2. The molecule has 0 aromatic carbocycles. The first-order valence-corrected chi connectivity index (χ1v) is 6.91. The zero-order chi connectivity index (χ0) is 11.9. The summed E-state index contributed by atoms with van der Waals surface area (Å²) in [5, 5.41) is 3.74. The van der Waals surface area contributed by atoms with Crippen molar-refractivity contribution in [2.75, 3.05) is 0 Å². The van der Waals surface area contributed by atoms with E-state index in [9.17, 15) is 0 Å². The molecule has 1 aromatic rings. The van der Waals surface area contributed by atoms with Gasteiger partial charge in [-0.05, 0) is 31.1 Å². The molecular weight excluding hydrogens is 210 g/mol. The van der Waals surface area contributed by atoms with Crippen LogP contribution in [0.15, 0.2) is 12.5 Å². The summed E-state index contributed by atoms with van der Waals surface area (Å²) in [4.78, 5) is 4.29. The van der Waals surface area contributed by atoms with Crippen LogP contribution < -0.4 is 5.32 Å². The molecule has 0 aliphatic heterocycles. The summed E-state index contributed by atoms with van der Waals surface area (Å²) in [7, 11) is 0. The normalized spacial score (nSPS) is 27.5. The molecule has 1 N–H and O–H groups in total. The van der Waals surface area contributed by atoms with Crippen molar-refractivity contribution in [3.63, 3.8) is 0 Å². The number of hydrogen-bond acceptors (Lipinski definition) is 2. The standard InChI is InChI=1S/C14H23N3/c1-14(2)7-3-4-13(14)16-9-12-8-15-10-17(12)11-5-6-11/h8,10-11,13,16H,3-7,9H2,1-2H3. The van der Waals surface area contributed by atoms with Gasteiger partial charge in [0.05, 0.1) is 12.0 Å². The number of aromatic nitrogens is 2. The van der Waals surface area contributed by atoms with Gasteiger partial charge in [0.15, 0.2) is 0 Å². The van der Waals surface area contributed by atoms with Crippen LogP contribution in [0, 0.1) is 5.41 Å². The van der Waals surface area contributed by atoms with E-state index in [0.29, 0.717) is 11.5 Å². The molecule has 3 nitrogen and oxygen atoms in total. The first kappa shape index (κ1) is 11.3. The van der Waals surface area contributed by atoms with Crippen molar-refractivity contribution in [3.8, 4) is 0 Å². The molecule has 0 radical (unpaired) electrons. The van der Waals surface area contributed by atoms with Crippen LogP contribution in [0.1, 0.15) is 57.7 Å². The molecule has 1 unspecified atom stereocenters. The first-order valence-electron chi connectivity index (χ1n) is 6.91. The highest BCUT2D eigenvalue weighted by Crippen LogP contribution is 2.38. The fraction of sp³-hybridized carbons (Fsp3) is 0.786. The predicted octanol–water partition coefficient (Wildman–Crippen LogP) is 2.89. The Bertz CT molecular complexity index is 390. The molecule has 1 atom stereocenters. The zero-order valence-electron chi connectivity index (χ0n) is 10.9. The molecular formula is C14H23N3. The van der Waals surface area contributed by atoms with Gasteiger partial charge in [-0.2, -0.15) is 0 Å². The minimum Gasteiger partial charge on any atom is -0.330 e. The summed E-state index contributed by atoms with van der Waals surface area (Å²) in [6.07, 6.45) is 10.7. The second-order valence-corrected chi connectivity index (χ2v) is 6.34. The molecule has 3 heteroatoms. The average Bonchev–Trinajstić information content (AvgIpc) is 2.92. The van der Waals surface area contributed by atoms with E-state index in [4.69, 9.17) is 0 Å². The smallest absolute Gasteiger partial charge is 0.0951 e. The van der Waals surface area contributed by atoms with Crippen LogP contribution >= 0.6 is 0 Å². The lowest BCUT2D eigenvalue weighted by Gasteiger charge is -2.28. The fourth-order valence-electron chi connectivity index (χ4n) is 3.08. The highest BCUT2D eigenvalue weighted by molar-refractivity contribution is 5.04. The Balaban J connectivity index is 1.62. The van der Waals surface area contributed by atoms with Crippen LogP contribution in [0.5, 0.6) is 0 Å². The first-order chi connectivity index (χ1) is 8.17. The van der Waals surface area contributed by atoms with Crippen molar-refractivity contribution in [1.82, 2.24) is 14.9 Å². The Kier molecular flexibility index (Phi) is 2.74. The van der Waals surface area contributed by atoms with Crippen molar-refractivity contribution in [2.45, 2.75) is 64.6 Å². The van der Waals surface area contributed by atoms with E-state index in [2.05, 4.69) is 28.7 Å². The van der Waals surface area contributed by atoms with E-state index in [1.165, 1.54) is 37.8 Å². The zero-order valence-corrected chi connectivity index (χ0v) is 10.9. The van der Waals surface area contributed by atoms with Gasteiger partial charge in [-0.25, -0.2) is 4.98 Å². The SMILES string of the molecule is CC1(C)CCCC1NCc1cncn1C1CC1. The van der Waals surface area contributed by atoms with Gasteiger partial charge in [-0.15, -0.1) is 0 Å². The number of rotatable bonds is 4. The predicted molar refractivity (Wildman–Crippen MR) is 68.8 cm³/mol. The third-order valence-corrected chi connectivity index (χ3v) is 4.47. The van der Waals surface area contributed by atoms with Gasteiger partial charge in [-0.1, -0.05) is 20.3 Å². The molecule has 2 aliphatic rings. The summed E-state index contributed by atoms with van der Waals surface area (Å²) in [6, 6.07) is 1.41. The molecule has 1 aromatic heterocycles. The van der Waals surface area contributed by atoms with Gasteiger partial charge >= 0.3 is 0 Å². The molecule has 0 saturated heterocycles. The Hall–Kier alpha value is -0.830. The highest BCUT2D eigenvalue weighted by atomic mass is 15.1. The number of nitrogens with one attached hydrogen (secondary N) is 1. The Morgan fingerprint density at radius 3 is 2.88 bits per heavy atom. The Morgan fingerprint density at radius 2 is 2.24 bits per heavy atom. The summed E-state index contributed by atoms with van der Waals surface area (Å²) < 4.78 is 2.36. The van der Waals surface area contributed by atoms with Crippen LogP contribution in [0.3, 0.4) is 0 Å². The maximum Gasteiger partial charge on any atom is 0.0951 e. The fourth-order valence-corrected chi connectivity index (χ4v) is 3.08. The summed E-state index contributed by atoms with van der Waals surface area (Å²) in [5.41, 5.74) is 1.82. The van der Waals surface area contributed by atoms with Crippen LogP contribution in [-0.2, 0) is 6.54 Å². The molecule has 2 fully saturated rings. The van der Waals surface area contributed by atoms with Gasteiger partial charge in [-0.3, -0.25) is 0 Å². The van der Waals surface area contributed by atoms with E-state index in [-0.39, 0.29) is 0 Å². The lowest BCUT2D eigenvalue weighted by Crippen LogP contribution is -2.37. The molecule has 0 spiro atoms. The maximum absolute atomic E-state index is 4.29. The van der Waals surface area contributed by atoms with Gasteiger partial charge in [0.2, 0.25) is 0 Å². The molecule has 0 bridgehead atoms. The third kappa shape index (κ3) is 2.25. The molecule has 2 aliphatic carbocycles. The van der Waals surface area contributed by atoms with E-state index in [1.54, 1.807) is 0 Å². The molecule has 2 saturated carbocycles. The van der Waals surface area contributed by atoms with Crippen molar-refractivity contribution < 1.29 is 0 Å². The summed E-state index contributed by atoms with van der Waals surface area (Å²) >= 11 is 0.